The summed E-state index contributed by atoms with van der Waals surface area (Å²) in [6.07, 6.45) is 3.43. The Labute approximate surface area is 180 Å². The predicted octanol–water partition coefficient (Wildman–Crippen LogP) is 1.91. The molecule has 9 nitrogen and oxygen atoms in total. The molecule has 0 spiro atoms. The lowest BCUT2D eigenvalue weighted by Gasteiger charge is -2.34. The number of aromatic nitrogens is 3. The Morgan fingerprint density at radius 3 is 2.48 bits per heavy atom. The van der Waals surface area contributed by atoms with Gasteiger partial charge in [-0.15, -0.1) is 10.2 Å². The number of hydrogen-bond acceptors (Lipinski definition) is 7. The monoisotopic (exact) mass is 441 g/mol. The van der Waals surface area contributed by atoms with Crippen LogP contribution in [-0.2, 0) is 21.2 Å². The molecule has 0 aliphatic carbocycles. The maximum atomic E-state index is 12.7. The van der Waals surface area contributed by atoms with Crippen molar-refractivity contribution in [2.24, 2.45) is 0 Å². The van der Waals surface area contributed by atoms with Crippen molar-refractivity contribution in [2.75, 3.05) is 26.2 Å². The van der Waals surface area contributed by atoms with Gasteiger partial charge in [0.25, 0.3) is 0 Å². The SMILES string of the molecule is Cc1ccc(-c2nnc(CCC(=O)N3CCN(S(=O)(=O)c4cccnc4)CC3)o2)cc1. The van der Waals surface area contributed by atoms with Gasteiger partial charge in [-0.05, 0) is 31.2 Å². The first-order valence-electron chi connectivity index (χ1n) is 10.0. The van der Waals surface area contributed by atoms with Crippen LogP contribution in [0, 0.1) is 6.92 Å². The summed E-state index contributed by atoms with van der Waals surface area (Å²) in [5.74, 6) is 0.770. The third-order valence-corrected chi connectivity index (χ3v) is 7.06. The Bertz CT molecular complexity index is 1140. The van der Waals surface area contributed by atoms with Crippen molar-refractivity contribution in [3.8, 4) is 11.5 Å². The second kappa shape index (κ2) is 8.94. The lowest BCUT2D eigenvalue weighted by atomic mass is 10.1. The fourth-order valence-electron chi connectivity index (χ4n) is 3.37. The first kappa shape index (κ1) is 21.1. The molecule has 1 aliphatic rings. The van der Waals surface area contributed by atoms with Crippen LogP contribution in [0.2, 0.25) is 0 Å². The number of aryl methyl sites for hydroxylation is 2. The number of rotatable bonds is 6. The molecule has 1 saturated heterocycles. The summed E-state index contributed by atoms with van der Waals surface area (Å²) in [4.78, 5) is 18.3. The van der Waals surface area contributed by atoms with Crippen LogP contribution in [0.25, 0.3) is 11.5 Å². The van der Waals surface area contributed by atoms with Gasteiger partial charge in [-0.1, -0.05) is 17.7 Å². The van der Waals surface area contributed by atoms with Crippen molar-refractivity contribution in [3.63, 3.8) is 0 Å². The van der Waals surface area contributed by atoms with Crippen LogP contribution in [0.5, 0.6) is 0 Å². The highest BCUT2D eigenvalue weighted by Crippen LogP contribution is 2.20. The van der Waals surface area contributed by atoms with E-state index >= 15 is 0 Å². The number of carbonyl (C=O) groups is 1. The maximum Gasteiger partial charge on any atom is 0.247 e. The molecule has 0 atom stereocenters. The second-order valence-electron chi connectivity index (χ2n) is 7.34. The van der Waals surface area contributed by atoms with Gasteiger partial charge >= 0.3 is 0 Å². The van der Waals surface area contributed by atoms with Gasteiger partial charge in [-0.25, -0.2) is 8.42 Å². The van der Waals surface area contributed by atoms with Crippen LogP contribution in [0.4, 0.5) is 0 Å². The fraction of sp³-hybridized carbons (Fsp3) is 0.333. The molecule has 1 amide bonds. The number of benzene rings is 1. The smallest absolute Gasteiger partial charge is 0.247 e. The minimum absolute atomic E-state index is 0.0616. The molecule has 162 valence electrons. The van der Waals surface area contributed by atoms with Gasteiger partial charge in [0.05, 0.1) is 0 Å². The number of amides is 1. The molecule has 10 heteroatoms. The van der Waals surface area contributed by atoms with Crippen molar-refractivity contribution >= 4 is 15.9 Å². The molecule has 1 aromatic carbocycles. The summed E-state index contributed by atoms with van der Waals surface area (Å²) in [6.45, 7) is 3.19. The molecule has 1 aliphatic heterocycles. The van der Waals surface area contributed by atoms with Gasteiger partial charge in [0.15, 0.2) is 0 Å². The van der Waals surface area contributed by atoms with E-state index in [1.807, 2.05) is 31.2 Å². The second-order valence-corrected chi connectivity index (χ2v) is 9.28. The highest BCUT2D eigenvalue weighted by molar-refractivity contribution is 7.89. The number of piperazine rings is 1. The van der Waals surface area contributed by atoms with E-state index in [9.17, 15) is 13.2 Å². The molecular formula is C21H23N5O4S. The molecule has 0 unspecified atom stereocenters. The van der Waals surface area contributed by atoms with E-state index in [1.165, 1.54) is 22.8 Å². The largest absolute Gasteiger partial charge is 0.421 e. The van der Waals surface area contributed by atoms with Crippen LogP contribution < -0.4 is 0 Å². The molecule has 3 aromatic rings. The van der Waals surface area contributed by atoms with Gasteiger partial charge in [-0.3, -0.25) is 9.78 Å². The molecule has 0 radical (unpaired) electrons. The van der Waals surface area contributed by atoms with E-state index in [0.29, 0.717) is 31.3 Å². The first-order valence-corrected chi connectivity index (χ1v) is 11.4. The predicted molar refractivity (Wildman–Crippen MR) is 112 cm³/mol. The summed E-state index contributed by atoms with van der Waals surface area (Å²) in [5, 5.41) is 8.08. The maximum absolute atomic E-state index is 12.7. The normalized spacial score (nSPS) is 15.2. The van der Waals surface area contributed by atoms with Crippen molar-refractivity contribution in [2.45, 2.75) is 24.7 Å². The molecule has 0 N–H and O–H groups in total. The average molecular weight is 442 g/mol. The number of hydrogen-bond donors (Lipinski definition) is 0. The van der Waals surface area contributed by atoms with Crippen LogP contribution in [-0.4, -0.2) is 64.9 Å². The summed E-state index contributed by atoms with van der Waals surface area (Å²) in [6, 6.07) is 10.9. The summed E-state index contributed by atoms with van der Waals surface area (Å²) >= 11 is 0. The number of nitrogens with zero attached hydrogens (tertiary/aromatic N) is 5. The average Bonchev–Trinajstić information content (AvgIpc) is 3.28. The quantitative estimate of drug-likeness (QED) is 0.575. The zero-order valence-electron chi connectivity index (χ0n) is 17.1. The molecule has 2 aromatic heterocycles. The van der Waals surface area contributed by atoms with Crippen molar-refractivity contribution in [1.29, 1.82) is 0 Å². The molecular weight excluding hydrogens is 418 g/mol. The van der Waals surface area contributed by atoms with Crippen LogP contribution >= 0.6 is 0 Å². The van der Waals surface area contributed by atoms with Crippen molar-refractivity contribution in [3.05, 3.63) is 60.2 Å². The highest BCUT2D eigenvalue weighted by atomic mass is 32.2. The summed E-state index contributed by atoms with van der Waals surface area (Å²) < 4.78 is 32.4. The number of sulfonamides is 1. The standard InChI is InChI=1S/C21H23N5O4S/c1-16-4-6-17(7-5-16)21-24-23-19(30-21)8-9-20(27)25-11-13-26(14-12-25)31(28,29)18-3-2-10-22-15-18/h2-7,10,15H,8-9,11-14H2,1H3. The minimum atomic E-state index is -3.59. The van der Waals surface area contributed by atoms with Gasteiger partial charge in [0.2, 0.25) is 27.7 Å². The third-order valence-electron chi connectivity index (χ3n) is 5.18. The van der Waals surface area contributed by atoms with E-state index < -0.39 is 10.0 Å². The molecule has 0 bridgehead atoms. The minimum Gasteiger partial charge on any atom is -0.421 e. The van der Waals surface area contributed by atoms with Crippen LogP contribution in [0.3, 0.4) is 0 Å². The molecule has 31 heavy (non-hydrogen) atoms. The van der Waals surface area contributed by atoms with E-state index in [2.05, 4.69) is 15.2 Å². The lowest BCUT2D eigenvalue weighted by molar-refractivity contribution is -0.132. The van der Waals surface area contributed by atoms with Gasteiger partial charge in [-0.2, -0.15) is 4.31 Å². The van der Waals surface area contributed by atoms with Crippen LogP contribution in [0.1, 0.15) is 17.9 Å². The van der Waals surface area contributed by atoms with E-state index in [4.69, 9.17) is 4.42 Å². The van der Waals surface area contributed by atoms with Gasteiger partial charge in [0, 0.05) is 57.0 Å². The van der Waals surface area contributed by atoms with Crippen molar-refractivity contribution < 1.29 is 17.6 Å². The third kappa shape index (κ3) is 4.80. The number of carbonyl (C=O) groups excluding carboxylic acids is 1. The molecule has 0 saturated carbocycles. The Morgan fingerprint density at radius 2 is 1.81 bits per heavy atom. The van der Waals surface area contributed by atoms with Gasteiger partial charge < -0.3 is 9.32 Å². The zero-order valence-corrected chi connectivity index (χ0v) is 18.0. The molecule has 4 rings (SSSR count). The fourth-order valence-corrected chi connectivity index (χ4v) is 4.75. The molecule has 1 fully saturated rings. The first-order chi connectivity index (χ1) is 14.9. The highest BCUT2D eigenvalue weighted by Gasteiger charge is 2.30. The number of pyridine rings is 1. The van der Waals surface area contributed by atoms with Gasteiger partial charge in [0.1, 0.15) is 4.90 Å². The Balaban J connectivity index is 1.29. The topological polar surface area (TPSA) is 110 Å². The Kier molecular flexibility index (Phi) is 6.10. The Hall–Kier alpha value is -3.11. The van der Waals surface area contributed by atoms with E-state index in [1.54, 1.807) is 11.0 Å². The van der Waals surface area contributed by atoms with Crippen LogP contribution in [0.15, 0.2) is 58.1 Å². The summed E-state index contributed by atoms with van der Waals surface area (Å²) in [5.41, 5.74) is 1.98. The Morgan fingerprint density at radius 1 is 1.06 bits per heavy atom. The van der Waals surface area contributed by atoms with E-state index in [-0.39, 0.29) is 30.3 Å². The van der Waals surface area contributed by atoms with Crippen molar-refractivity contribution in [1.82, 2.24) is 24.4 Å². The molecule has 3 heterocycles. The lowest BCUT2D eigenvalue weighted by Crippen LogP contribution is -2.50. The van der Waals surface area contributed by atoms with E-state index in [0.717, 1.165) is 11.1 Å². The summed E-state index contributed by atoms with van der Waals surface area (Å²) in [7, 11) is -3.59. The zero-order chi connectivity index (χ0) is 21.8.